The third-order valence-electron chi connectivity index (χ3n) is 13.6. The number of ether oxygens (including phenoxy) is 8. The molecule has 9 rings (SSSR count). The van der Waals surface area contributed by atoms with E-state index >= 15 is 0 Å². The Bertz CT molecular complexity index is 3430. The number of carbonyl (C=O) groups is 4. The van der Waals surface area contributed by atoms with Crippen LogP contribution in [-0.2, 0) is 28.4 Å². The summed E-state index contributed by atoms with van der Waals surface area (Å²) in [5, 5.41) is 50.2. The van der Waals surface area contributed by atoms with Crippen LogP contribution in [0.2, 0.25) is 0 Å². The number of aliphatic hydroxyl groups is 2. The Morgan fingerprint density at radius 1 is 0.582 bits per heavy atom. The number of nitrogens with one attached hydrogen (secondary N) is 4. The molecule has 418 valence electrons. The molecule has 2 fully saturated rings. The van der Waals surface area contributed by atoms with E-state index in [9.17, 15) is 49.2 Å². The number of benzene rings is 2. The van der Waals surface area contributed by atoms with E-state index in [1.54, 1.807) is 53.7 Å². The number of aliphatic hydroxyl groups excluding tert-OH is 2. The molecule has 2 aromatic carbocycles. The van der Waals surface area contributed by atoms with Crippen LogP contribution in [0.5, 0.6) is 23.0 Å². The number of aromatic hydroxyl groups is 2. The number of fused-ring (bicyclic) bond motifs is 2. The second kappa shape index (κ2) is 21.3. The average molecular weight is 1110 g/mol. The first-order valence-corrected chi connectivity index (χ1v) is 25.3. The first-order valence-electron chi connectivity index (χ1n) is 24.5. The normalized spacial score (nSPS) is 22.5. The van der Waals surface area contributed by atoms with Crippen LogP contribution in [0.25, 0.3) is 21.9 Å². The summed E-state index contributed by atoms with van der Waals surface area (Å²) in [6, 6.07) is 14.5. The third-order valence-corrected chi connectivity index (χ3v) is 14.7. The van der Waals surface area contributed by atoms with Crippen molar-refractivity contribution < 1.29 is 86.3 Å². The minimum Gasteiger partial charge on any atom is -0.505 e. The van der Waals surface area contributed by atoms with Crippen molar-refractivity contribution in [2.24, 2.45) is 0 Å². The summed E-state index contributed by atoms with van der Waals surface area (Å²) in [7, 11) is 2.76. The van der Waals surface area contributed by atoms with Crippen molar-refractivity contribution in [1.29, 1.82) is 0 Å². The minimum atomic E-state index is -1.58. The highest BCUT2D eigenvalue weighted by molar-refractivity contribution is 7.16. The summed E-state index contributed by atoms with van der Waals surface area (Å²) in [6.07, 6.45) is -10.4. The average Bonchev–Trinajstić information content (AvgIpc) is 4.20. The molecule has 0 saturated carbocycles. The van der Waals surface area contributed by atoms with E-state index in [0.717, 1.165) is 0 Å². The summed E-state index contributed by atoms with van der Waals surface area (Å²) in [4.78, 5) is 85.6. The summed E-state index contributed by atoms with van der Waals surface area (Å²) in [5.74, 6) is -4.58. The van der Waals surface area contributed by atoms with Gasteiger partial charge in [0.1, 0.15) is 46.3 Å². The van der Waals surface area contributed by atoms with E-state index in [0.29, 0.717) is 22.7 Å². The Labute approximate surface area is 452 Å². The molecule has 24 nitrogen and oxygen atoms in total. The Hall–Kier alpha value is -8.04. The van der Waals surface area contributed by atoms with Gasteiger partial charge in [0.2, 0.25) is 12.6 Å². The second-order valence-electron chi connectivity index (χ2n) is 20.0. The lowest BCUT2D eigenvalue weighted by atomic mass is 9.89. The van der Waals surface area contributed by atoms with Gasteiger partial charge in [0, 0.05) is 36.7 Å². The Morgan fingerprint density at radius 3 is 1.30 bits per heavy atom. The molecule has 8 unspecified atom stereocenters. The van der Waals surface area contributed by atoms with Crippen molar-refractivity contribution in [2.75, 3.05) is 24.9 Å². The molecule has 7 aromatic rings. The Balaban J connectivity index is 0.876. The topological polar surface area (TPSA) is 339 Å². The van der Waals surface area contributed by atoms with Crippen molar-refractivity contribution in [3.05, 3.63) is 125 Å². The molecule has 2 saturated heterocycles. The van der Waals surface area contributed by atoms with E-state index in [2.05, 4.69) is 20.6 Å². The van der Waals surface area contributed by atoms with Gasteiger partial charge in [0.15, 0.2) is 47.3 Å². The van der Waals surface area contributed by atoms with Crippen LogP contribution in [0.15, 0.2) is 79.1 Å². The molecule has 2 aliphatic rings. The van der Waals surface area contributed by atoms with Crippen LogP contribution >= 0.6 is 11.3 Å². The fourth-order valence-electron chi connectivity index (χ4n) is 9.63. The van der Waals surface area contributed by atoms with Crippen LogP contribution in [0, 0.1) is 27.7 Å². The molecule has 79 heavy (non-hydrogen) atoms. The monoisotopic (exact) mass is 1110 g/mol. The number of hydrogen-bond acceptors (Lipinski definition) is 21. The number of esters is 2. The van der Waals surface area contributed by atoms with Crippen LogP contribution in [-0.4, -0.2) is 129 Å². The molecule has 25 heteroatoms. The summed E-state index contributed by atoms with van der Waals surface area (Å²) >= 11 is 0.645. The van der Waals surface area contributed by atoms with E-state index in [4.69, 9.17) is 46.7 Å². The molecule has 8 N–H and O–H groups in total. The van der Waals surface area contributed by atoms with Crippen molar-refractivity contribution in [1.82, 2.24) is 9.97 Å². The highest BCUT2D eigenvalue weighted by atomic mass is 32.1. The van der Waals surface area contributed by atoms with E-state index < -0.39 is 118 Å². The number of aromatic amines is 2. The van der Waals surface area contributed by atoms with Crippen LogP contribution in [0.1, 0.15) is 90.5 Å². The first-order chi connectivity index (χ1) is 37.3. The third kappa shape index (κ3) is 10.6. The van der Waals surface area contributed by atoms with Crippen LogP contribution in [0.3, 0.4) is 0 Å². The summed E-state index contributed by atoms with van der Waals surface area (Å²) < 4.78 is 58.3. The van der Waals surface area contributed by atoms with Crippen molar-refractivity contribution in [3.8, 4) is 23.0 Å². The number of amides is 2. The molecule has 5 aromatic heterocycles. The number of hydrogen-bond donors (Lipinski definition) is 8. The van der Waals surface area contributed by atoms with Gasteiger partial charge in [-0.15, -0.1) is 11.3 Å². The van der Waals surface area contributed by atoms with Crippen LogP contribution in [0.4, 0.5) is 11.4 Å². The van der Waals surface area contributed by atoms with Crippen molar-refractivity contribution in [2.45, 2.75) is 116 Å². The molecule has 0 bridgehead atoms. The van der Waals surface area contributed by atoms with E-state index in [-0.39, 0.29) is 65.7 Å². The maximum absolute atomic E-state index is 13.5. The molecule has 0 aliphatic carbocycles. The largest absolute Gasteiger partial charge is 0.505 e. The molecule has 0 radical (unpaired) electrons. The molecular formula is C54H56N4O20S. The number of anilines is 2. The summed E-state index contributed by atoms with van der Waals surface area (Å²) in [5.41, 5.74) is -4.10. The maximum atomic E-state index is 13.5. The quantitative estimate of drug-likeness (QED) is 0.0457. The lowest BCUT2D eigenvalue weighted by Crippen LogP contribution is -2.65. The number of aryl methyl sites for hydroxylation is 4. The van der Waals surface area contributed by atoms with Gasteiger partial charge in [-0.05, 0) is 116 Å². The van der Waals surface area contributed by atoms with Gasteiger partial charge in [-0.25, -0.2) is 19.2 Å². The maximum Gasteiger partial charge on any atom is 0.364 e. The van der Waals surface area contributed by atoms with Gasteiger partial charge in [-0.3, -0.25) is 9.59 Å². The predicted molar refractivity (Wildman–Crippen MR) is 280 cm³/mol. The Kier molecular flexibility index (Phi) is 15.0. The van der Waals surface area contributed by atoms with E-state index in [1.807, 2.05) is 0 Å². The fourth-order valence-corrected chi connectivity index (χ4v) is 10.4. The number of rotatable bonds is 14. The zero-order valence-corrected chi connectivity index (χ0v) is 44.9. The zero-order valence-electron chi connectivity index (χ0n) is 44.1. The second-order valence-corrected chi connectivity index (χ2v) is 21.1. The van der Waals surface area contributed by atoms with Gasteiger partial charge in [0.25, 0.3) is 11.8 Å². The number of H-pyrrole nitrogens is 2. The predicted octanol–water partition coefficient (Wildman–Crippen LogP) is 6.00. The minimum absolute atomic E-state index is 0.0182. The van der Waals surface area contributed by atoms with Crippen molar-refractivity contribution >= 4 is 68.4 Å². The SMILES string of the molecule is COC1C(OC(=O)c2ccc(C)[nH]2)C(O)C(Oc2ccc3c(O)c(NC(=O)c4ccc(C(=O)Nc5c(O)c6ccc(OC7OC(C)(C)C(OC)C(OC(=O)c8ccc(C)[nH]8)C7O)c(C)c6oc5=O)s4)c(=O)oc3c2C)OC1(C)C. The number of aromatic nitrogens is 2. The number of carbonyl (C=O) groups excluding carboxylic acids is 4. The lowest BCUT2D eigenvalue weighted by Gasteiger charge is -2.47. The van der Waals surface area contributed by atoms with Gasteiger partial charge in [-0.2, -0.15) is 0 Å². The van der Waals surface area contributed by atoms with Gasteiger partial charge in [0.05, 0.1) is 31.7 Å². The lowest BCUT2D eigenvalue weighted by molar-refractivity contribution is -0.305. The molecular weight excluding hydrogens is 1060 g/mol. The Morgan fingerprint density at radius 2 is 0.962 bits per heavy atom. The highest BCUT2D eigenvalue weighted by Crippen LogP contribution is 2.41. The molecule has 8 atom stereocenters. The van der Waals surface area contributed by atoms with Gasteiger partial charge < -0.3 is 87.8 Å². The van der Waals surface area contributed by atoms with Crippen molar-refractivity contribution in [3.63, 3.8) is 0 Å². The standard InChI is InChI=1S/C54H56N4O20S/c1-21-11-15-27(55-21)47(65)75-41-37(61)51(77-53(5,6)43(41)69-9)71-29-17-13-25-35(59)33(49(67)73-39(25)23(29)3)57-45(63)31-19-20-32(79-31)46(64)58-34-36(60)26-14-18-30(24(4)40(26)74-50(34)68)72-52-38(62)42(44(70-10)54(7,8)78-52)76-48(66)28-16-12-22(2)56-28/h11-20,37-38,41-44,51-52,55-56,59-62H,1-10H3,(H,57,63)(H,58,64). The highest BCUT2D eigenvalue weighted by Gasteiger charge is 2.55. The first kappa shape index (κ1) is 55.7. The van der Waals surface area contributed by atoms with Crippen LogP contribution < -0.4 is 31.4 Å². The number of methoxy groups -OCH3 is 2. The molecule has 0 spiro atoms. The van der Waals surface area contributed by atoms with Gasteiger partial charge in [-0.1, -0.05) is 0 Å². The van der Waals surface area contributed by atoms with E-state index in [1.165, 1.54) is 76.6 Å². The molecule has 2 amide bonds. The fraction of sp³-hybridized carbons (Fsp3) is 0.370. The molecule has 2 aliphatic heterocycles. The smallest absolute Gasteiger partial charge is 0.364 e. The summed E-state index contributed by atoms with van der Waals surface area (Å²) in [6.45, 7) is 13.2. The zero-order chi connectivity index (χ0) is 57.2. The molecule has 7 heterocycles. The van der Waals surface area contributed by atoms with Gasteiger partial charge >= 0.3 is 23.2 Å². The number of thiophene rings is 1.